The molecule has 0 aliphatic carbocycles. The number of carbonyl (C=O) groups excluding carboxylic acids is 1. The fraction of sp³-hybridized carbons (Fsp3) is 0.435. The molecule has 0 bridgehead atoms. The maximum absolute atomic E-state index is 13.2. The Labute approximate surface area is 183 Å². The van der Waals surface area contributed by atoms with E-state index in [9.17, 15) is 4.79 Å². The van der Waals surface area contributed by atoms with Gasteiger partial charge in [-0.3, -0.25) is 4.79 Å². The minimum Gasteiger partial charge on any atom is -0.328 e. The highest BCUT2D eigenvalue weighted by Crippen LogP contribution is 2.34. The van der Waals surface area contributed by atoms with Gasteiger partial charge in [0.2, 0.25) is 0 Å². The number of hydrogen-bond acceptors (Lipinski definition) is 5. The van der Waals surface area contributed by atoms with Crippen molar-refractivity contribution >= 4 is 41.0 Å². The maximum Gasteiger partial charge on any atom is 0.260 e. The molecule has 6 heteroatoms. The molecule has 0 spiro atoms. The van der Waals surface area contributed by atoms with Gasteiger partial charge in [-0.25, -0.2) is 0 Å². The summed E-state index contributed by atoms with van der Waals surface area (Å²) in [6, 6.07) is 14.2. The molecule has 2 aromatic rings. The van der Waals surface area contributed by atoms with Crippen LogP contribution in [0.15, 0.2) is 47.4 Å². The van der Waals surface area contributed by atoms with Gasteiger partial charge in [-0.1, -0.05) is 44.7 Å². The summed E-state index contributed by atoms with van der Waals surface area (Å²) in [5.74, 6) is 1.66. The highest BCUT2D eigenvalue weighted by Gasteiger charge is 2.27. The molecule has 0 fully saturated rings. The molecule has 2 aromatic carbocycles. The van der Waals surface area contributed by atoms with Crippen LogP contribution in [0, 0.1) is 0 Å². The van der Waals surface area contributed by atoms with Crippen LogP contribution in [0.5, 0.6) is 0 Å². The Morgan fingerprint density at radius 2 is 1.97 bits per heavy atom. The second-order valence-electron chi connectivity index (χ2n) is 7.22. The zero-order chi connectivity index (χ0) is 20.5. The fourth-order valence-corrected chi connectivity index (χ4v) is 4.99. The third kappa shape index (κ3) is 5.93. The van der Waals surface area contributed by atoms with Gasteiger partial charge in [0.25, 0.3) is 5.91 Å². The Morgan fingerprint density at radius 3 is 2.79 bits per heavy atom. The summed E-state index contributed by atoms with van der Waals surface area (Å²) < 4.78 is 3.18. The largest absolute Gasteiger partial charge is 0.328 e. The monoisotopic (exact) mass is 429 g/mol. The third-order valence-corrected chi connectivity index (χ3v) is 6.74. The molecule has 0 saturated heterocycles. The topological polar surface area (TPSA) is 58.4 Å². The number of nitrogens with one attached hydrogen (secondary N) is 1. The maximum atomic E-state index is 13.2. The van der Waals surface area contributed by atoms with Crippen molar-refractivity contribution in [3.63, 3.8) is 0 Å². The summed E-state index contributed by atoms with van der Waals surface area (Å²) in [7, 11) is 0. The van der Waals surface area contributed by atoms with Crippen LogP contribution in [-0.4, -0.2) is 24.1 Å². The van der Waals surface area contributed by atoms with Gasteiger partial charge in [-0.05, 0) is 66.4 Å². The molecule has 0 radical (unpaired) electrons. The number of anilines is 2. The van der Waals surface area contributed by atoms with E-state index in [2.05, 4.69) is 29.8 Å². The number of amides is 1. The van der Waals surface area contributed by atoms with E-state index >= 15 is 0 Å². The summed E-state index contributed by atoms with van der Waals surface area (Å²) in [5.41, 5.74) is 9.39. The smallest absolute Gasteiger partial charge is 0.260 e. The Kier molecular flexibility index (Phi) is 8.77. The molecule has 3 rings (SSSR count). The lowest BCUT2D eigenvalue weighted by Gasteiger charge is -2.19. The van der Waals surface area contributed by atoms with Gasteiger partial charge in [0, 0.05) is 17.1 Å². The Hall–Kier alpha value is -1.63. The predicted octanol–water partition coefficient (Wildman–Crippen LogP) is 5.93. The van der Waals surface area contributed by atoms with E-state index in [0.29, 0.717) is 11.4 Å². The minimum atomic E-state index is 0.0424. The lowest BCUT2D eigenvalue weighted by atomic mass is 10.1. The fourth-order valence-electron chi connectivity index (χ4n) is 3.60. The zero-order valence-electron chi connectivity index (χ0n) is 17.2. The molecule has 1 heterocycles. The van der Waals surface area contributed by atoms with E-state index < -0.39 is 0 Å². The number of nitrogens with two attached hydrogens (primary N) is 1. The van der Waals surface area contributed by atoms with Gasteiger partial charge < -0.3 is 15.4 Å². The number of thioether (sulfide) groups is 1. The average molecular weight is 430 g/mol. The number of nitrogens with zero attached hydrogens (tertiary/aromatic N) is 1. The van der Waals surface area contributed by atoms with Crippen LogP contribution in [0.2, 0.25) is 0 Å². The van der Waals surface area contributed by atoms with Crippen molar-refractivity contribution in [2.24, 2.45) is 5.73 Å². The van der Waals surface area contributed by atoms with Crippen molar-refractivity contribution in [1.82, 2.24) is 0 Å². The normalized spacial score (nSPS) is 12.8. The van der Waals surface area contributed by atoms with Crippen molar-refractivity contribution in [2.75, 3.05) is 27.8 Å². The highest BCUT2D eigenvalue weighted by molar-refractivity contribution is 8.00. The molecule has 4 nitrogen and oxygen atoms in total. The first-order valence-electron chi connectivity index (χ1n) is 10.5. The average Bonchev–Trinajstić information content (AvgIpc) is 3.17. The van der Waals surface area contributed by atoms with Crippen LogP contribution in [0.4, 0.5) is 11.4 Å². The van der Waals surface area contributed by atoms with Gasteiger partial charge in [0.1, 0.15) is 0 Å². The molecule has 3 N–H and O–H groups in total. The van der Waals surface area contributed by atoms with Gasteiger partial charge in [-0.15, -0.1) is 11.8 Å². The molecule has 156 valence electrons. The van der Waals surface area contributed by atoms with Crippen molar-refractivity contribution < 1.29 is 4.79 Å². The second kappa shape index (κ2) is 11.5. The summed E-state index contributed by atoms with van der Waals surface area (Å²) in [5, 5.41) is 0. The number of unbranched alkanes of at least 4 members (excludes halogenated alkanes) is 4. The Morgan fingerprint density at radius 1 is 1.14 bits per heavy atom. The Bertz CT molecular complexity index is 812. The third-order valence-electron chi connectivity index (χ3n) is 5.13. The zero-order valence-corrected chi connectivity index (χ0v) is 18.8. The molecule has 1 amide bonds. The van der Waals surface area contributed by atoms with Crippen LogP contribution in [0.3, 0.4) is 0 Å². The second-order valence-corrected chi connectivity index (χ2v) is 9.21. The van der Waals surface area contributed by atoms with E-state index in [1.165, 1.54) is 60.3 Å². The van der Waals surface area contributed by atoms with Crippen LogP contribution in [-0.2, 0) is 6.42 Å². The molecule has 29 heavy (non-hydrogen) atoms. The van der Waals surface area contributed by atoms with Crippen LogP contribution < -0.4 is 15.4 Å². The number of para-hydroxylation sites is 1. The number of rotatable bonds is 11. The Balaban J connectivity index is 1.63. The van der Waals surface area contributed by atoms with Crippen LogP contribution >= 0.6 is 23.7 Å². The molecular formula is C23H31N3OS2. The van der Waals surface area contributed by atoms with Crippen molar-refractivity contribution in [2.45, 2.75) is 50.3 Å². The van der Waals surface area contributed by atoms with Crippen LogP contribution in [0.25, 0.3) is 0 Å². The lowest BCUT2D eigenvalue weighted by Crippen LogP contribution is -2.29. The van der Waals surface area contributed by atoms with Crippen molar-refractivity contribution in [3.05, 3.63) is 53.6 Å². The lowest BCUT2D eigenvalue weighted by molar-refractivity contribution is 0.0990. The van der Waals surface area contributed by atoms with Gasteiger partial charge in [0.05, 0.1) is 17.1 Å². The molecular weight excluding hydrogens is 398 g/mol. The van der Waals surface area contributed by atoms with Crippen molar-refractivity contribution in [3.8, 4) is 0 Å². The molecule has 1 aliphatic heterocycles. The summed E-state index contributed by atoms with van der Waals surface area (Å²) >= 11 is 3.32. The summed E-state index contributed by atoms with van der Waals surface area (Å²) in [6.07, 6.45) is 7.50. The number of carbonyl (C=O) groups is 1. The molecule has 0 saturated carbocycles. The minimum absolute atomic E-state index is 0.0424. The van der Waals surface area contributed by atoms with Crippen LogP contribution in [0.1, 0.15) is 54.9 Å². The van der Waals surface area contributed by atoms with E-state index in [-0.39, 0.29) is 5.91 Å². The van der Waals surface area contributed by atoms with Gasteiger partial charge in [0.15, 0.2) is 0 Å². The van der Waals surface area contributed by atoms with E-state index in [1.807, 2.05) is 40.9 Å². The number of hydrogen-bond donors (Lipinski definition) is 2. The molecule has 1 aliphatic rings. The first-order valence-corrected chi connectivity index (χ1v) is 12.5. The van der Waals surface area contributed by atoms with Crippen molar-refractivity contribution in [1.29, 1.82) is 0 Å². The first kappa shape index (κ1) is 22.1. The quantitative estimate of drug-likeness (QED) is 0.201. The summed E-state index contributed by atoms with van der Waals surface area (Å²) in [6.45, 7) is 2.99. The van der Waals surface area contributed by atoms with Gasteiger partial charge >= 0.3 is 0 Å². The molecule has 0 atom stereocenters. The SMILES string of the molecule is CCCCCCCSc1ccc2c(c1)CCN2C(=O)c1ccccc1NSCN. The molecule has 0 aromatic heterocycles. The van der Waals surface area contributed by atoms with E-state index in [4.69, 9.17) is 5.73 Å². The standard InChI is InChI=1S/C23H31N3OS2/c1-2-3-4-5-8-15-28-19-11-12-22-18(16-19)13-14-26(22)23(27)20-9-6-7-10-21(20)25-29-17-24/h6-7,9-12,16,25H,2-5,8,13-15,17,24H2,1H3. The molecule has 0 unspecified atom stereocenters. The highest BCUT2D eigenvalue weighted by atomic mass is 32.2. The number of benzene rings is 2. The predicted molar refractivity (Wildman–Crippen MR) is 128 cm³/mol. The summed E-state index contributed by atoms with van der Waals surface area (Å²) in [4.78, 5) is 16.4. The number of fused-ring (bicyclic) bond motifs is 1. The first-order chi connectivity index (χ1) is 14.2. The van der Waals surface area contributed by atoms with E-state index in [0.717, 1.165) is 24.3 Å². The van der Waals surface area contributed by atoms with Gasteiger partial charge in [-0.2, -0.15) is 0 Å². The van der Waals surface area contributed by atoms with E-state index in [1.54, 1.807) is 0 Å².